The Labute approximate surface area is 205 Å². The van der Waals surface area contributed by atoms with Gasteiger partial charge in [-0.15, -0.1) is 0 Å². The van der Waals surface area contributed by atoms with E-state index in [2.05, 4.69) is 31.4 Å². The van der Waals surface area contributed by atoms with Gasteiger partial charge in [0.25, 0.3) is 17.4 Å². The molecule has 3 aromatic carbocycles. The van der Waals surface area contributed by atoms with Crippen molar-refractivity contribution in [2.75, 3.05) is 5.32 Å². The summed E-state index contributed by atoms with van der Waals surface area (Å²) >= 11 is 0. The number of hydrogen-bond acceptors (Lipinski definition) is 6. The number of anilines is 1. The Morgan fingerprint density at radius 1 is 0.917 bits per heavy atom. The van der Waals surface area contributed by atoms with Gasteiger partial charge in [0, 0.05) is 23.6 Å². The Kier molecular flexibility index (Phi) is 7.25. The number of hydrazone groups is 1. The van der Waals surface area contributed by atoms with Crippen molar-refractivity contribution in [2.24, 2.45) is 5.10 Å². The Morgan fingerprint density at radius 2 is 1.58 bits per heavy atom. The van der Waals surface area contributed by atoms with E-state index >= 15 is 0 Å². The SMILES string of the molecule is CC(=O)Nc1ccc(/C=N\NC(=O)C(NC(=O)c2ccccc2)c2n[nH]c(=O)c3ccccc23)cc1. The van der Waals surface area contributed by atoms with E-state index in [0.717, 1.165) is 0 Å². The second-order valence-corrected chi connectivity index (χ2v) is 7.79. The monoisotopic (exact) mass is 482 g/mol. The summed E-state index contributed by atoms with van der Waals surface area (Å²) < 4.78 is 0. The molecule has 3 amide bonds. The van der Waals surface area contributed by atoms with Crippen LogP contribution in [0.1, 0.15) is 34.6 Å². The molecule has 0 bridgehead atoms. The number of aromatic amines is 1. The Morgan fingerprint density at radius 3 is 2.28 bits per heavy atom. The molecule has 0 fully saturated rings. The molecule has 10 heteroatoms. The van der Waals surface area contributed by atoms with Gasteiger partial charge in [0.1, 0.15) is 5.69 Å². The molecule has 10 nitrogen and oxygen atoms in total. The summed E-state index contributed by atoms with van der Waals surface area (Å²) in [6.07, 6.45) is 1.42. The predicted octanol–water partition coefficient (Wildman–Crippen LogP) is 2.50. The quantitative estimate of drug-likeness (QED) is 0.236. The molecule has 4 N–H and O–H groups in total. The average molecular weight is 483 g/mol. The van der Waals surface area contributed by atoms with E-state index in [-0.39, 0.29) is 11.6 Å². The van der Waals surface area contributed by atoms with E-state index in [4.69, 9.17) is 0 Å². The van der Waals surface area contributed by atoms with E-state index in [9.17, 15) is 19.2 Å². The highest BCUT2D eigenvalue weighted by molar-refractivity contribution is 5.99. The molecule has 0 aliphatic heterocycles. The van der Waals surface area contributed by atoms with Crippen molar-refractivity contribution in [3.8, 4) is 0 Å². The lowest BCUT2D eigenvalue weighted by Crippen LogP contribution is -2.40. The zero-order valence-corrected chi connectivity index (χ0v) is 19.2. The van der Waals surface area contributed by atoms with E-state index in [0.29, 0.717) is 27.6 Å². The van der Waals surface area contributed by atoms with Crippen LogP contribution < -0.4 is 21.6 Å². The number of benzene rings is 3. The standard InChI is InChI=1S/C26H22N6O4/c1-16(33)28-19-13-11-17(12-14-19)15-27-31-26(36)23(29-24(34)18-7-3-2-4-8-18)22-20-9-5-6-10-21(20)25(35)32-30-22/h2-15,23H,1H3,(H,28,33)(H,29,34)(H,31,36)(H,32,35)/b27-15-. The summed E-state index contributed by atoms with van der Waals surface area (Å²) in [5, 5.41) is 16.6. The number of hydrogen-bond donors (Lipinski definition) is 4. The molecular formula is C26H22N6O4. The van der Waals surface area contributed by atoms with Gasteiger partial charge in [0.05, 0.1) is 11.6 Å². The van der Waals surface area contributed by atoms with Gasteiger partial charge in [-0.2, -0.15) is 10.2 Å². The number of carbonyl (C=O) groups is 3. The van der Waals surface area contributed by atoms with Crippen LogP contribution in [0.3, 0.4) is 0 Å². The second-order valence-electron chi connectivity index (χ2n) is 7.79. The lowest BCUT2D eigenvalue weighted by Gasteiger charge is -2.18. The molecule has 0 aliphatic carbocycles. The average Bonchev–Trinajstić information content (AvgIpc) is 2.89. The minimum Gasteiger partial charge on any atom is -0.335 e. The maximum absolute atomic E-state index is 13.2. The van der Waals surface area contributed by atoms with Crippen LogP contribution in [0.5, 0.6) is 0 Å². The largest absolute Gasteiger partial charge is 0.335 e. The molecule has 180 valence electrons. The predicted molar refractivity (Wildman–Crippen MR) is 135 cm³/mol. The highest BCUT2D eigenvalue weighted by Crippen LogP contribution is 2.20. The van der Waals surface area contributed by atoms with Crippen molar-refractivity contribution in [1.29, 1.82) is 0 Å². The molecule has 0 aliphatic rings. The number of amides is 3. The Bertz CT molecular complexity index is 1500. The number of rotatable bonds is 7. The van der Waals surface area contributed by atoms with Gasteiger partial charge in [-0.05, 0) is 35.9 Å². The van der Waals surface area contributed by atoms with Crippen molar-refractivity contribution in [1.82, 2.24) is 20.9 Å². The van der Waals surface area contributed by atoms with Crippen LogP contribution in [0.4, 0.5) is 5.69 Å². The Balaban J connectivity index is 1.60. The van der Waals surface area contributed by atoms with Crippen molar-refractivity contribution >= 4 is 40.4 Å². The zero-order valence-electron chi connectivity index (χ0n) is 19.2. The summed E-state index contributed by atoms with van der Waals surface area (Å²) in [6, 6.07) is 20.7. The molecule has 1 heterocycles. The van der Waals surface area contributed by atoms with Crippen LogP contribution in [-0.4, -0.2) is 34.1 Å². The number of aromatic nitrogens is 2. The molecular weight excluding hydrogens is 460 g/mol. The maximum atomic E-state index is 13.2. The molecule has 0 saturated heterocycles. The lowest BCUT2D eigenvalue weighted by molar-refractivity contribution is -0.123. The fourth-order valence-electron chi connectivity index (χ4n) is 3.51. The van der Waals surface area contributed by atoms with Crippen LogP contribution in [0.2, 0.25) is 0 Å². The minimum atomic E-state index is -1.25. The highest BCUT2D eigenvalue weighted by Gasteiger charge is 2.27. The summed E-state index contributed by atoms with van der Waals surface area (Å²) in [5.74, 6) is -1.34. The van der Waals surface area contributed by atoms with Crippen LogP contribution in [-0.2, 0) is 9.59 Å². The molecule has 1 atom stereocenters. The van der Waals surface area contributed by atoms with E-state index in [1.54, 1.807) is 78.9 Å². The number of nitrogens with zero attached hydrogens (tertiary/aromatic N) is 2. The van der Waals surface area contributed by atoms with Gasteiger partial charge < -0.3 is 10.6 Å². The minimum absolute atomic E-state index is 0.168. The number of nitrogens with one attached hydrogen (secondary N) is 4. The van der Waals surface area contributed by atoms with Gasteiger partial charge in [0.15, 0.2) is 6.04 Å². The van der Waals surface area contributed by atoms with Crippen LogP contribution in [0.25, 0.3) is 10.8 Å². The van der Waals surface area contributed by atoms with Crippen molar-refractivity contribution < 1.29 is 14.4 Å². The lowest BCUT2D eigenvalue weighted by atomic mass is 10.0. The number of carbonyl (C=O) groups excluding carboxylic acids is 3. The number of H-pyrrole nitrogens is 1. The fraction of sp³-hybridized carbons (Fsp3) is 0.0769. The Hall–Kier alpha value is -5.12. The van der Waals surface area contributed by atoms with Gasteiger partial charge >= 0.3 is 0 Å². The van der Waals surface area contributed by atoms with E-state index < -0.39 is 23.4 Å². The zero-order chi connectivity index (χ0) is 25.5. The summed E-state index contributed by atoms with van der Waals surface area (Å²) in [7, 11) is 0. The smallest absolute Gasteiger partial charge is 0.272 e. The van der Waals surface area contributed by atoms with E-state index in [1.807, 2.05) is 0 Å². The van der Waals surface area contributed by atoms with Gasteiger partial charge in [-0.1, -0.05) is 48.5 Å². The fourth-order valence-corrected chi connectivity index (χ4v) is 3.51. The molecule has 0 saturated carbocycles. The van der Waals surface area contributed by atoms with Crippen molar-refractivity contribution in [3.05, 3.63) is 106 Å². The molecule has 4 rings (SSSR count). The summed E-state index contributed by atoms with van der Waals surface area (Å²) in [5.41, 5.74) is 3.83. The molecule has 4 aromatic rings. The highest BCUT2D eigenvalue weighted by atomic mass is 16.2. The first-order chi connectivity index (χ1) is 17.4. The third-order valence-electron chi connectivity index (χ3n) is 5.19. The summed E-state index contributed by atoms with van der Waals surface area (Å²) in [4.78, 5) is 49.4. The first-order valence-electron chi connectivity index (χ1n) is 11.0. The number of fused-ring (bicyclic) bond motifs is 1. The van der Waals surface area contributed by atoms with Gasteiger partial charge in [0.2, 0.25) is 5.91 Å². The third kappa shape index (κ3) is 5.68. The topological polar surface area (TPSA) is 145 Å². The van der Waals surface area contributed by atoms with Crippen molar-refractivity contribution in [3.63, 3.8) is 0 Å². The second kappa shape index (κ2) is 10.9. The van der Waals surface area contributed by atoms with Crippen molar-refractivity contribution in [2.45, 2.75) is 13.0 Å². The van der Waals surface area contributed by atoms with Crippen LogP contribution in [0, 0.1) is 0 Å². The van der Waals surface area contributed by atoms with Crippen LogP contribution >= 0.6 is 0 Å². The molecule has 0 spiro atoms. The first kappa shape index (κ1) is 24.0. The molecule has 36 heavy (non-hydrogen) atoms. The molecule has 1 unspecified atom stereocenters. The van der Waals surface area contributed by atoms with Crippen LogP contribution in [0.15, 0.2) is 88.8 Å². The molecule has 1 aromatic heterocycles. The first-order valence-corrected chi connectivity index (χ1v) is 11.0. The van der Waals surface area contributed by atoms with E-state index in [1.165, 1.54) is 13.1 Å². The molecule has 0 radical (unpaired) electrons. The maximum Gasteiger partial charge on any atom is 0.272 e. The normalized spacial score (nSPS) is 11.7. The third-order valence-corrected chi connectivity index (χ3v) is 5.19. The van der Waals surface area contributed by atoms with Gasteiger partial charge in [-0.3, -0.25) is 19.2 Å². The summed E-state index contributed by atoms with van der Waals surface area (Å²) in [6.45, 7) is 1.42. The van der Waals surface area contributed by atoms with Gasteiger partial charge in [-0.25, -0.2) is 10.5 Å².